The minimum atomic E-state index is -1.13. The summed E-state index contributed by atoms with van der Waals surface area (Å²) >= 11 is 3.91. The van der Waals surface area contributed by atoms with E-state index in [1.807, 2.05) is 6.92 Å². The fourth-order valence-corrected chi connectivity index (χ4v) is 1.04. The van der Waals surface area contributed by atoms with E-state index in [-0.39, 0.29) is 5.75 Å². The maximum absolute atomic E-state index is 10.6. The molecule has 0 fully saturated rings. The zero-order valence-corrected chi connectivity index (χ0v) is 7.60. The van der Waals surface area contributed by atoms with Gasteiger partial charge in [0, 0.05) is 5.75 Å². The topological polar surface area (TPSA) is 63.3 Å². The fraction of sp³-hybridized carbons (Fsp3) is 0.857. The molecule has 1 atom stereocenters. The first kappa shape index (κ1) is 10.8. The number of aliphatic carboxylic acids is 1. The molecule has 0 aromatic carbocycles. The lowest BCUT2D eigenvalue weighted by molar-refractivity contribution is -0.142. The molecule has 4 heteroatoms. The molecular weight excluding hydrogens is 162 g/mol. The first-order chi connectivity index (χ1) is 5.06. The van der Waals surface area contributed by atoms with Crippen molar-refractivity contribution in [2.24, 2.45) is 5.73 Å². The fourth-order valence-electron chi connectivity index (χ4n) is 0.746. The molecule has 0 aliphatic heterocycles. The van der Waals surface area contributed by atoms with Crippen LogP contribution in [0, 0.1) is 0 Å². The third kappa shape index (κ3) is 3.12. The number of unbranched alkanes of at least 4 members (excludes halogenated alkanes) is 1. The first-order valence-corrected chi connectivity index (χ1v) is 4.33. The maximum Gasteiger partial charge on any atom is 0.324 e. The Morgan fingerprint density at radius 3 is 2.55 bits per heavy atom. The van der Waals surface area contributed by atoms with Crippen molar-refractivity contribution >= 4 is 18.6 Å². The molecule has 0 aliphatic rings. The highest BCUT2D eigenvalue weighted by Gasteiger charge is 2.31. The summed E-state index contributed by atoms with van der Waals surface area (Å²) in [6, 6.07) is 0. The van der Waals surface area contributed by atoms with Crippen LogP contribution in [0.5, 0.6) is 0 Å². The van der Waals surface area contributed by atoms with Crippen LogP contribution in [0.25, 0.3) is 0 Å². The highest BCUT2D eigenvalue weighted by Crippen LogP contribution is 2.13. The Morgan fingerprint density at radius 2 is 2.27 bits per heavy atom. The van der Waals surface area contributed by atoms with Crippen LogP contribution in [0.15, 0.2) is 0 Å². The first-order valence-electron chi connectivity index (χ1n) is 3.70. The summed E-state index contributed by atoms with van der Waals surface area (Å²) in [5.41, 5.74) is 4.42. The molecule has 0 rings (SSSR count). The summed E-state index contributed by atoms with van der Waals surface area (Å²) < 4.78 is 0. The van der Waals surface area contributed by atoms with E-state index in [1.54, 1.807) is 0 Å². The van der Waals surface area contributed by atoms with Crippen molar-refractivity contribution in [3.05, 3.63) is 0 Å². The molecular formula is C7H15NO2S. The lowest BCUT2D eigenvalue weighted by Crippen LogP contribution is -2.49. The molecule has 0 radical (unpaired) electrons. The molecule has 0 bridgehead atoms. The Balaban J connectivity index is 3.99. The zero-order valence-electron chi connectivity index (χ0n) is 6.71. The van der Waals surface area contributed by atoms with Gasteiger partial charge >= 0.3 is 5.97 Å². The van der Waals surface area contributed by atoms with E-state index >= 15 is 0 Å². The molecule has 11 heavy (non-hydrogen) atoms. The predicted octanol–water partition coefficient (Wildman–Crippen LogP) is 0.889. The van der Waals surface area contributed by atoms with Crippen LogP contribution in [0.1, 0.15) is 26.2 Å². The third-order valence-corrected chi connectivity index (χ3v) is 2.25. The average Bonchev–Trinajstić information content (AvgIpc) is 2.00. The van der Waals surface area contributed by atoms with Crippen molar-refractivity contribution in [1.82, 2.24) is 0 Å². The summed E-state index contributed by atoms with van der Waals surface area (Å²) in [6.45, 7) is 2.00. The third-order valence-electron chi connectivity index (χ3n) is 1.68. The highest BCUT2D eigenvalue weighted by molar-refractivity contribution is 7.80. The highest BCUT2D eigenvalue weighted by atomic mass is 32.1. The van der Waals surface area contributed by atoms with Gasteiger partial charge in [0.25, 0.3) is 0 Å². The number of thiol groups is 1. The number of carboxylic acids is 1. The summed E-state index contributed by atoms with van der Waals surface area (Å²) in [5, 5.41) is 8.69. The van der Waals surface area contributed by atoms with E-state index in [0.717, 1.165) is 12.8 Å². The number of hydrogen-bond donors (Lipinski definition) is 3. The predicted molar refractivity (Wildman–Crippen MR) is 47.9 cm³/mol. The lowest BCUT2D eigenvalue weighted by Gasteiger charge is -2.21. The molecule has 3 N–H and O–H groups in total. The summed E-state index contributed by atoms with van der Waals surface area (Å²) in [6.07, 6.45) is 2.30. The Kier molecular flexibility index (Phi) is 4.52. The second-order valence-corrected chi connectivity index (χ2v) is 3.04. The second-order valence-electron chi connectivity index (χ2n) is 2.72. The van der Waals surface area contributed by atoms with Gasteiger partial charge in [0.2, 0.25) is 0 Å². The van der Waals surface area contributed by atoms with Crippen LogP contribution in [0.2, 0.25) is 0 Å². The Labute approximate surface area is 72.4 Å². The summed E-state index contributed by atoms with van der Waals surface area (Å²) in [5.74, 6) is -0.761. The van der Waals surface area contributed by atoms with Gasteiger partial charge in [-0.2, -0.15) is 12.6 Å². The second kappa shape index (κ2) is 4.62. The van der Waals surface area contributed by atoms with Gasteiger partial charge in [0.05, 0.1) is 0 Å². The monoisotopic (exact) mass is 177 g/mol. The van der Waals surface area contributed by atoms with E-state index in [0.29, 0.717) is 6.42 Å². The Bertz CT molecular complexity index is 140. The van der Waals surface area contributed by atoms with E-state index in [2.05, 4.69) is 12.6 Å². The van der Waals surface area contributed by atoms with Gasteiger partial charge in [-0.3, -0.25) is 4.79 Å². The number of carbonyl (C=O) groups is 1. The minimum absolute atomic E-state index is 0.197. The van der Waals surface area contributed by atoms with Crippen molar-refractivity contribution in [2.45, 2.75) is 31.7 Å². The molecule has 0 saturated heterocycles. The van der Waals surface area contributed by atoms with Crippen molar-refractivity contribution in [1.29, 1.82) is 0 Å². The van der Waals surface area contributed by atoms with Gasteiger partial charge in [-0.15, -0.1) is 0 Å². The van der Waals surface area contributed by atoms with E-state index in [9.17, 15) is 4.79 Å². The van der Waals surface area contributed by atoms with Crippen LogP contribution >= 0.6 is 12.6 Å². The van der Waals surface area contributed by atoms with Crippen LogP contribution in [-0.2, 0) is 4.79 Å². The molecule has 0 aromatic heterocycles. The van der Waals surface area contributed by atoms with Crippen molar-refractivity contribution in [3.63, 3.8) is 0 Å². The van der Waals surface area contributed by atoms with Crippen molar-refractivity contribution in [2.75, 3.05) is 5.75 Å². The van der Waals surface area contributed by atoms with Crippen LogP contribution in [-0.4, -0.2) is 22.4 Å². The van der Waals surface area contributed by atoms with Gasteiger partial charge in [-0.1, -0.05) is 19.8 Å². The van der Waals surface area contributed by atoms with E-state index < -0.39 is 11.5 Å². The van der Waals surface area contributed by atoms with Crippen LogP contribution in [0.3, 0.4) is 0 Å². The maximum atomic E-state index is 10.6. The standard InChI is InChI=1S/C7H15NO2S/c1-2-3-4-7(8,5-11)6(9)10/h11H,2-5,8H2,1H3,(H,9,10)/t7-/m0/s1. The molecule has 0 unspecified atom stereocenters. The number of nitrogens with two attached hydrogens (primary N) is 1. The van der Waals surface area contributed by atoms with Gasteiger partial charge < -0.3 is 10.8 Å². The largest absolute Gasteiger partial charge is 0.480 e. The SMILES string of the molecule is CCCC[C@](N)(CS)C(=O)O. The zero-order chi connectivity index (χ0) is 8.91. The molecule has 0 amide bonds. The minimum Gasteiger partial charge on any atom is -0.480 e. The van der Waals surface area contributed by atoms with E-state index in [4.69, 9.17) is 10.8 Å². The van der Waals surface area contributed by atoms with Gasteiger partial charge in [0.1, 0.15) is 5.54 Å². The van der Waals surface area contributed by atoms with Gasteiger partial charge in [0.15, 0.2) is 0 Å². The smallest absolute Gasteiger partial charge is 0.324 e. The van der Waals surface area contributed by atoms with Gasteiger partial charge in [-0.05, 0) is 6.42 Å². The number of hydrogen-bond acceptors (Lipinski definition) is 3. The van der Waals surface area contributed by atoms with Crippen LogP contribution in [0.4, 0.5) is 0 Å². The molecule has 0 spiro atoms. The quantitative estimate of drug-likeness (QED) is 0.546. The Morgan fingerprint density at radius 1 is 1.73 bits per heavy atom. The molecule has 0 aromatic rings. The number of carboxylic acid groups (broad SMARTS) is 1. The molecule has 3 nitrogen and oxygen atoms in total. The van der Waals surface area contributed by atoms with E-state index in [1.165, 1.54) is 0 Å². The van der Waals surface area contributed by atoms with Crippen molar-refractivity contribution in [3.8, 4) is 0 Å². The molecule has 0 saturated carbocycles. The normalized spacial score (nSPS) is 15.9. The van der Waals surface area contributed by atoms with Crippen LogP contribution < -0.4 is 5.73 Å². The molecule has 0 heterocycles. The summed E-state index contributed by atoms with van der Waals surface area (Å²) in [4.78, 5) is 10.6. The molecule has 0 aliphatic carbocycles. The molecule has 66 valence electrons. The van der Waals surface area contributed by atoms with Gasteiger partial charge in [-0.25, -0.2) is 0 Å². The Hall–Kier alpha value is -0.220. The average molecular weight is 177 g/mol. The lowest BCUT2D eigenvalue weighted by atomic mass is 9.96. The summed E-state index contributed by atoms with van der Waals surface area (Å²) in [7, 11) is 0. The number of rotatable bonds is 5. The van der Waals surface area contributed by atoms with Crippen molar-refractivity contribution < 1.29 is 9.90 Å².